The van der Waals surface area contributed by atoms with Crippen molar-refractivity contribution < 1.29 is 13.7 Å². The normalized spacial score (nSPS) is 10.7. The number of nitrogens with zero attached hydrogens (tertiary/aromatic N) is 2. The highest BCUT2D eigenvalue weighted by Crippen LogP contribution is 2.21. The number of carbonyl (C=O) groups is 1. The van der Waals surface area contributed by atoms with E-state index in [1.165, 1.54) is 17.4 Å². The lowest BCUT2D eigenvalue weighted by molar-refractivity contribution is -0.116. The largest absolute Gasteiger partial charge is 0.339 e. The molecule has 0 unspecified atom stereocenters. The van der Waals surface area contributed by atoms with Gasteiger partial charge in [-0.2, -0.15) is 4.98 Å². The maximum Gasteiger partial charge on any atom is 0.227 e. The summed E-state index contributed by atoms with van der Waals surface area (Å²) in [6.07, 6.45) is 0.442. The number of hydrogen-bond acceptors (Lipinski definition) is 5. The van der Waals surface area contributed by atoms with Crippen LogP contribution in [0, 0.1) is 12.7 Å². The van der Waals surface area contributed by atoms with Crippen LogP contribution in [0.15, 0.2) is 40.2 Å². The lowest BCUT2D eigenvalue weighted by Crippen LogP contribution is -2.13. The van der Waals surface area contributed by atoms with Gasteiger partial charge in [0.05, 0.1) is 10.6 Å². The molecular weight excluding hydrogens is 317 g/mol. The van der Waals surface area contributed by atoms with E-state index in [1.54, 1.807) is 12.1 Å². The van der Waals surface area contributed by atoms with Gasteiger partial charge in [-0.3, -0.25) is 4.79 Å². The molecule has 0 saturated carbocycles. The molecule has 118 valence electrons. The second-order valence-electron chi connectivity index (χ2n) is 5.02. The Labute approximate surface area is 136 Å². The Morgan fingerprint density at radius 3 is 3.04 bits per heavy atom. The standard InChI is InChI=1S/C16H14FN3O2S/c1-10-4-5-11(17)12(9-10)18-14(21)6-7-15-19-16(20-22-15)13-3-2-8-23-13/h2-5,8-9H,6-7H2,1H3,(H,18,21). The number of aryl methyl sites for hydroxylation is 2. The molecule has 1 aromatic carbocycles. The highest BCUT2D eigenvalue weighted by atomic mass is 32.1. The smallest absolute Gasteiger partial charge is 0.227 e. The molecule has 0 aliphatic carbocycles. The van der Waals surface area contributed by atoms with E-state index in [0.717, 1.165) is 10.4 Å². The first-order valence-corrected chi connectivity index (χ1v) is 7.92. The number of hydrogen-bond donors (Lipinski definition) is 1. The lowest BCUT2D eigenvalue weighted by atomic mass is 10.2. The van der Waals surface area contributed by atoms with E-state index in [4.69, 9.17) is 4.52 Å². The van der Waals surface area contributed by atoms with E-state index in [2.05, 4.69) is 15.5 Å². The maximum absolute atomic E-state index is 13.6. The van der Waals surface area contributed by atoms with E-state index in [1.807, 2.05) is 24.4 Å². The van der Waals surface area contributed by atoms with Crippen LogP contribution >= 0.6 is 11.3 Å². The maximum atomic E-state index is 13.6. The highest BCUT2D eigenvalue weighted by molar-refractivity contribution is 7.13. The Morgan fingerprint density at radius 1 is 1.39 bits per heavy atom. The summed E-state index contributed by atoms with van der Waals surface area (Å²) in [6.45, 7) is 1.83. The van der Waals surface area contributed by atoms with Gasteiger partial charge in [-0.15, -0.1) is 11.3 Å². The molecule has 0 fully saturated rings. The van der Waals surface area contributed by atoms with E-state index in [0.29, 0.717) is 18.1 Å². The van der Waals surface area contributed by atoms with E-state index in [-0.39, 0.29) is 18.0 Å². The number of carbonyl (C=O) groups excluding carboxylic acids is 1. The first kappa shape index (κ1) is 15.4. The molecule has 0 aliphatic rings. The number of aromatic nitrogens is 2. The SMILES string of the molecule is Cc1ccc(F)c(NC(=O)CCc2nc(-c3cccs3)no2)c1. The Morgan fingerprint density at radius 2 is 2.26 bits per heavy atom. The summed E-state index contributed by atoms with van der Waals surface area (Å²) in [5, 5.41) is 8.36. The van der Waals surface area contributed by atoms with Crippen molar-refractivity contribution in [3.8, 4) is 10.7 Å². The highest BCUT2D eigenvalue weighted by Gasteiger charge is 2.12. The molecule has 3 aromatic rings. The molecule has 1 amide bonds. The Kier molecular flexibility index (Phi) is 4.47. The van der Waals surface area contributed by atoms with Crippen molar-refractivity contribution in [2.45, 2.75) is 19.8 Å². The predicted molar refractivity (Wildman–Crippen MR) is 85.7 cm³/mol. The van der Waals surface area contributed by atoms with Gasteiger partial charge < -0.3 is 9.84 Å². The van der Waals surface area contributed by atoms with Crippen LogP contribution in [0.5, 0.6) is 0 Å². The van der Waals surface area contributed by atoms with Crippen LogP contribution in [0.2, 0.25) is 0 Å². The average Bonchev–Trinajstić information content (AvgIpc) is 3.19. The van der Waals surface area contributed by atoms with Gasteiger partial charge in [0, 0.05) is 12.8 Å². The number of nitrogens with one attached hydrogen (secondary N) is 1. The van der Waals surface area contributed by atoms with Crippen molar-refractivity contribution in [3.63, 3.8) is 0 Å². The van der Waals surface area contributed by atoms with Crippen molar-refractivity contribution in [2.75, 3.05) is 5.32 Å². The topological polar surface area (TPSA) is 68.0 Å². The van der Waals surface area contributed by atoms with Gasteiger partial charge in [0.25, 0.3) is 0 Å². The summed E-state index contributed by atoms with van der Waals surface area (Å²) < 4.78 is 18.7. The summed E-state index contributed by atoms with van der Waals surface area (Å²) in [7, 11) is 0. The zero-order chi connectivity index (χ0) is 16.2. The summed E-state index contributed by atoms with van der Waals surface area (Å²) in [5.74, 6) is 0.139. The average molecular weight is 331 g/mol. The van der Waals surface area contributed by atoms with E-state index < -0.39 is 5.82 Å². The Bertz CT molecular complexity index is 815. The first-order valence-electron chi connectivity index (χ1n) is 7.04. The molecule has 1 N–H and O–H groups in total. The van der Waals surface area contributed by atoms with Gasteiger partial charge in [-0.05, 0) is 36.1 Å². The second kappa shape index (κ2) is 6.70. The zero-order valence-corrected chi connectivity index (χ0v) is 13.2. The summed E-state index contributed by atoms with van der Waals surface area (Å²) >= 11 is 1.51. The molecule has 0 radical (unpaired) electrons. The van der Waals surface area contributed by atoms with E-state index in [9.17, 15) is 9.18 Å². The minimum Gasteiger partial charge on any atom is -0.339 e. The molecule has 5 nitrogen and oxygen atoms in total. The van der Waals surface area contributed by atoms with Crippen LogP contribution in [0.25, 0.3) is 10.7 Å². The van der Waals surface area contributed by atoms with Crippen molar-refractivity contribution in [1.29, 1.82) is 0 Å². The fourth-order valence-electron chi connectivity index (χ4n) is 2.03. The summed E-state index contributed by atoms with van der Waals surface area (Å²) in [6, 6.07) is 8.37. The van der Waals surface area contributed by atoms with Gasteiger partial charge >= 0.3 is 0 Å². The number of rotatable bonds is 5. The summed E-state index contributed by atoms with van der Waals surface area (Å²) in [5.41, 5.74) is 1.05. The minimum atomic E-state index is -0.457. The molecule has 0 aliphatic heterocycles. The zero-order valence-electron chi connectivity index (χ0n) is 12.4. The van der Waals surface area contributed by atoms with E-state index >= 15 is 0 Å². The number of thiophene rings is 1. The van der Waals surface area contributed by atoms with Crippen molar-refractivity contribution in [3.05, 3.63) is 53.0 Å². The molecule has 3 rings (SSSR count). The molecule has 2 heterocycles. The number of halogens is 1. The molecular formula is C16H14FN3O2S. The van der Waals surface area contributed by atoms with Crippen molar-refractivity contribution in [1.82, 2.24) is 10.1 Å². The van der Waals surface area contributed by atoms with Crippen molar-refractivity contribution >= 4 is 22.9 Å². The fraction of sp³-hybridized carbons (Fsp3) is 0.188. The van der Waals surface area contributed by atoms with Crippen LogP contribution in [-0.4, -0.2) is 16.0 Å². The number of benzene rings is 1. The summed E-state index contributed by atoms with van der Waals surface area (Å²) in [4.78, 5) is 17.1. The van der Waals surface area contributed by atoms with Gasteiger partial charge in [-0.25, -0.2) is 4.39 Å². The van der Waals surface area contributed by atoms with Gasteiger partial charge in [-0.1, -0.05) is 17.3 Å². The first-order chi connectivity index (χ1) is 11.1. The van der Waals surface area contributed by atoms with Gasteiger partial charge in [0.1, 0.15) is 5.82 Å². The lowest BCUT2D eigenvalue weighted by Gasteiger charge is -2.06. The monoisotopic (exact) mass is 331 g/mol. The minimum absolute atomic E-state index is 0.138. The third-order valence-electron chi connectivity index (χ3n) is 3.17. The molecule has 23 heavy (non-hydrogen) atoms. The van der Waals surface area contributed by atoms with Crippen LogP contribution in [0.3, 0.4) is 0 Å². The quantitative estimate of drug-likeness (QED) is 0.772. The third kappa shape index (κ3) is 3.81. The Hall–Kier alpha value is -2.54. The molecule has 0 saturated heterocycles. The van der Waals surface area contributed by atoms with Crippen LogP contribution < -0.4 is 5.32 Å². The van der Waals surface area contributed by atoms with Gasteiger partial charge in [0.2, 0.25) is 17.6 Å². The molecule has 7 heteroatoms. The van der Waals surface area contributed by atoms with Crippen LogP contribution in [0.4, 0.5) is 10.1 Å². The molecule has 0 bridgehead atoms. The Balaban J connectivity index is 1.58. The van der Waals surface area contributed by atoms with Crippen LogP contribution in [0.1, 0.15) is 17.9 Å². The van der Waals surface area contributed by atoms with Crippen LogP contribution in [-0.2, 0) is 11.2 Å². The van der Waals surface area contributed by atoms with Gasteiger partial charge in [0.15, 0.2) is 0 Å². The molecule has 0 spiro atoms. The second-order valence-corrected chi connectivity index (χ2v) is 5.97. The predicted octanol–water partition coefficient (Wildman–Crippen LogP) is 3.82. The third-order valence-corrected chi connectivity index (χ3v) is 4.04. The molecule has 2 aromatic heterocycles. The van der Waals surface area contributed by atoms with Crippen molar-refractivity contribution in [2.24, 2.45) is 0 Å². The number of anilines is 1. The fourth-order valence-corrected chi connectivity index (χ4v) is 2.68. The molecule has 0 atom stereocenters. The number of amides is 1.